The van der Waals surface area contributed by atoms with Gasteiger partial charge in [-0.25, -0.2) is 0 Å². The predicted molar refractivity (Wildman–Crippen MR) is 50.0 cm³/mol. The van der Waals surface area contributed by atoms with Crippen LogP contribution in [0.2, 0.25) is 0 Å². The zero-order valence-corrected chi connectivity index (χ0v) is 7.62. The molecule has 0 bridgehead atoms. The van der Waals surface area contributed by atoms with Crippen molar-refractivity contribution in [3.63, 3.8) is 0 Å². The van der Waals surface area contributed by atoms with Crippen LogP contribution < -0.4 is 0 Å². The van der Waals surface area contributed by atoms with Crippen molar-refractivity contribution in [3.8, 4) is 0 Å². The zero-order chi connectivity index (χ0) is 11.5. The summed E-state index contributed by atoms with van der Waals surface area (Å²) >= 11 is 0. The number of hydrogen-bond acceptors (Lipinski definition) is 2. The zero-order valence-electron chi connectivity index (χ0n) is 7.62. The Morgan fingerprint density at radius 1 is 1.40 bits per heavy atom. The topological polar surface area (TPSA) is 32.6 Å². The first-order chi connectivity index (χ1) is 6.99. The molecule has 0 aromatic heterocycles. The molecule has 1 aromatic rings. The van der Waals surface area contributed by atoms with Crippen molar-refractivity contribution in [2.45, 2.75) is 6.18 Å². The smallest absolute Gasteiger partial charge is 0.410 e. The highest BCUT2D eigenvalue weighted by atomic mass is 19.4. The van der Waals surface area contributed by atoms with Gasteiger partial charge in [-0.3, -0.25) is 0 Å². The summed E-state index contributed by atoms with van der Waals surface area (Å²) in [5, 5.41) is 11.3. The van der Waals surface area contributed by atoms with E-state index in [0.717, 1.165) is 12.1 Å². The monoisotopic (exact) mass is 215 g/mol. The average molecular weight is 215 g/mol. The first-order valence-electron chi connectivity index (χ1n) is 4.01. The summed E-state index contributed by atoms with van der Waals surface area (Å²) in [6.07, 6.45) is -3.23. The van der Waals surface area contributed by atoms with Crippen LogP contribution in [0.15, 0.2) is 42.1 Å². The Kier molecular flexibility index (Phi) is 3.14. The van der Waals surface area contributed by atoms with Gasteiger partial charge in [0.1, 0.15) is 5.71 Å². The molecule has 0 amide bonds. The van der Waals surface area contributed by atoms with E-state index in [2.05, 4.69) is 11.7 Å². The first kappa shape index (κ1) is 11.3. The van der Waals surface area contributed by atoms with Gasteiger partial charge in [-0.2, -0.15) is 13.2 Å². The third kappa shape index (κ3) is 2.59. The van der Waals surface area contributed by atoms with Gasteiger partial charge in [0.05, 0.1) is 5.56 Å². The van der Waals surface area contributed by atoms with E-state index in [4.69, 9.17) is 5.21 Å². The SMILES string of the molecule is C=CC(=NO)c1cccc(C(F)(F)F)c1. The van der Waals surface area contributed by atoms with E-state index in [9.17, 15) is 13.2 Å². The van der Waals surface area contributed by atoms with Gasteiger partial charge in [0.2, 0.25) is 0 Å². The molecule has 1 aromatic carbocycles. The highest BCUT2D eigenvalue weighted by Crippen LogP contribution is 2.29. The van der Waals surface area contributed by atoms with Crippen LogP contribution in [-0.2, 0) is 6.18 Å². The molecule has 0 spiro atoms. The van der Waals surface area contributed by atoms with Crippen molar-refractivity contribution in [1.29, 1.82) is 0 Å². The molecule has 0 fully saturated rings. The molecule has 1 rings (SSSR count). The molecule has 0 saturated heterocycles. The van der Waals surface area contributed by atoms with E-state index in [-0.39, 0.29) is 11.3 Å². The number of hydrogen-bond donors (Lipinski definition) is 1. The predicted octanol–water partition coefficient (Wildman–Crippen LogP) is 3.07. The van der Waals surface area contributed by atoms with E-state index in [0.29, 0.717) is 0 Å². The quantitative estimate of drug-likeness (QED) is 0.459. The standard InChI is InChI=1S/C10H8F3NO/c1-2-9(14-15)7-4-3-5-8(6-7)10(11,12)13/h2-6,15H,1H2. The molecule has 5 heteroatoms. The van der Waals surface area contributed by atoms with Crippen molar-refractivity contribution >= 4 is 5.71 Å². The molecule has 0 atom stereocenters. The van der Waals surface area contributed by atoms with Crippen LogP contribution in [0.1, 0.15) is 11.1 Å². The maximum Gasteiger partial charge on any atom is 0.416 e. The van der Waals surface area contributed by atoms with Crippen LogP contribution >= 0.6 is 0 Å². The Hall–Kier alpha value is -1.78. The molecular weight excluding hydrogens is 207 g/mol. The van der Waals surface area contributed by atoms with E-state index < -0.39 is 11.7 Å². The summed E-state index contributed by atoms with van der Waals surface area (Å²) in [5.41, 5.74) is -0.619. The summed E-state index contributed by atoms with van der Waals surface area (Å²) in [5.74, 6) is 0. The summed E-state index contributed by atoms with van der Waals surface area (Å²) in [6, 6.07) is 4.50. The van der Waals surface area contributed by atoms with E-state index >= 15 is 0 Å². The fraction of sp³-hybridized carbons (Fsp3) is 0.100. The number of nitrogens with zero attached hydrogens (tertiary/aromatic N) is 1. The lowest BCUT2D eigenvalue weighted by Crippen LogP contribution is -2.06. The second-order valence-electron chi connectivity index (χ2n) is 2.77. The van der Waals surface area contributed by atoms with Crippen molar-refractivity contribution < 1.29 is 18.4 Å². The molecule has 0 aliphatic heterocycles. The van der Waals surface area contributed by atoms with Gasteiger partial charge >= 0.3 is 6.18 Å². The van der Waals surface area contributed by atoms with Crippen LogP contribution in [0.25, 0.3) is 0 Å². The number of alkyl halides is 3. The summed E-state index contributed by atoms with van der Waals surface area (Å²) in [7, 11) is 0. The number of halogens is 3. The van der Waals surface area contributed by atoms with Gasteiger partial charge in [-0.05, 0) is 18.2 Å². The minimum atomic E-state index is -4.41. The van der Waals surface area contributed by atoms with Crippen LogP contribution in [0, 0.1) is 0 Å². The van der Waals surface area contributed by atoms with Crippen LogP contribution in [-0.4, -0.2) is 10.9 Å². The van der Waals surface area contributed by atoms with Crippen molar-refractivity contribution in [1.82, 2.24) is 0 Å². The number of rotatable bonds is 2. The maximum absolute atomic E-state index is 12.3. The summed E-state index contributed by atoms with van der Waals surface area (Å²) in [4.78, 5) is 0. The van der Waals surface area contributed by atoms with Gasteiger partial charge in [0.15, 0.2) is 0 Å². The molecule has 2 nitrogen and oxygen atoms in total. The maximum atomic E-state index is 12.3. The first-order valence-corrected chi connectivity index (χ1v) is 4.01. The Morgan fingerprint density at radius 3 is 2.53 bits per heavy atom. The van der Waals surface area contributed by atoms with Gasteiger partial charge in [0, 0.05) is 5.56 Å². The summed E-state index contributed by atoms with van der Waals surface area (Å²) < 4.78 is 36.9. The largest absolute Gasteiger partial charge is 0.416 e. The number of allylic oxidation sites excluding steroid dienone is 1. The molecule has 0 heterocycles. The average Bonchev–Trinajstić information content (AvgIpc) is 2.19. The lowest BCUT2D eigenvalue weighted by molar-refractivity contribution is -0.137. The van der Waals surface area contributed by atoms with Gasteiger partial charge in [0.25, 0.3) is 0 Å². The molecule has 0 radical (unpaired) electrons. The molecule has 0 aliphatic rings. The lowest BCUT2D eigenvalue weighted by atomic mass is 10.1. The second-order valence-corrected chi connectivity index (χ2v) is 2.77. The second kappa shape index (κ2) is 4.16. The molecule has 80 valence electrons. The molecule has 0 unspecified atom stereocenters. The lowest BCUT2D eigenvalue weighted by Gasteiger charge is -2.07. The van der Waals surface area contributed by atoms with Gasteiger partial charge in [-0.15, -0.1) is 0 Å². The third-order valence-electron chi connectivity index (χ3n) is 1.79. The molecule has 0 saturated carbocycles. The molecular formula is C10H8F3NO. The third-order valence-corrected chi connectivity index (χ3v) is 1.79. The van der Waals surface area contributed by atoms with Crippen LogP contribution in [0.5, 0.6) is 0 Å². The Morgan fingerprint density at radius 2 is 2.07 bits per heavy atom. The van der Waals surface area contributed by atoms with E-state index in [1.165, 1.54) is 18.2 Å². The Balaban J connectivity index is 3.19. The normalized spacial score (nSPS) is 12.6. The highest BCUT2D eigenvalue weighted by Gasteiger charge is 2.30. The van der Waals surface area contributed by atoms with Crippen molar-refractivity contribution in [2.75, 3.05) is 0 Å². The van der Waals surface area contributed by atoms with Gasteiger partial charge < -0.3 is 5.21 Å². The van der Waals surface area contributed by atoms with Crippen LogP contribution in [0.4, 0.5) is 13.2 Å². The Labute approximate surface area is 84.3 Å². The molecule has 1 N–H and O–H groups in total. The van der Waals surface area contributed by atoms with Crippen LogP contribution in [0.3, 0.4) is 0 Å². The highest BCUT2D eigenvalue weighted by molar-refractivity contribution is 6.08. The minimum absolute atomic E-state index is 0.00102. The minimum Gasteiger partial charge on any atom is -0.410 e. The van der Waals surface area contributed by atoms with E-state index in [1.807, 2.05) is 0 Å². The van der Waals surface area contributed by atoms with Gasteiger partial charge in [-0.1, -0.05) is 23.9 Å². The van der Waals surface area contributed by atoms with E-state index in [1.54, 1.807) is 0 Å². The fourth-order valence-corrected chi connectivity index (χ4v) is 1.07. The Bertz CT molecular complexity index is 396. The number of benzene rings is 1. The molecule has 15 heavy (non-hydrogen) atoms. The van der Waals surface area contributed by atoms with Crippen molar-refractivity contribution in [3.05, 3.63) is 48.0 Å². The number of oxime groups is 1. The molecule has 0 aliphatic carbocycles. The fourth-order valence-electron chi connectivity index (χ4n) is 1.07. The summed E-state index contributed by atoms with van der Waals surface area (Å²) in [6.45, 7) is 3.33. The van der Waals surface area contributed by atoms with Crippen molar-refractivity contribution in [2.24, 2.45) is 5.16 Å².